The van der Waals surface area contributed by atoms with E-state index in [9.17, 15) is 29.7 Å². The molecule has 1 aliphatic carbocycles. The van der Waals surface area contributed by atoms with Crippen LogP contribution >= 0.6 is 19.2 Å². The third-order valence-corrected chi connectivity index (χ3v) is 8.15. The molecule has 5 atom stereocenters. The summed E-state index contributed by atoms with van der Waals surface area (Å²) in [7, 11) is -5.22. The van der Waals surface area contributed by atoms with Crippen LogP contribution in [0.3, 0.4) is 0 Å². The normalized spacial score (nSPS) is 26.6. The van der Waals surface area contributed by atoms with E-state index in [1.807, 2.05) is 0 Å². The van der Waals surface area contributed by atoms with Crippen molar-refractivity contribution in [1.82, 2.24) is 40.4 Å². The van der Waals surface area contributed by atoms with E-state index in [1.54, 1.807) is 0 Å². The van der Waals surface area contributed by atoms with E-state index in [2.05, 4.69) is 41.0 Å². The second-order valence-corrected chi connectivity index (χ2v) is 11.0. The van der Waals surface area contributed by atoms with Gasteiger partial charge in [0.25, 0.3) is 5.34 Å². The largest absolute Gasteiger partial charge is 0.392 e. The standard InChI is InChI=1S/C18H25ClN9O8P/c19-17-22-13(21-8-3-1-2-4-8)9-5-20-28(14(9)23-17)15-12(31)11(30)10(36-15)6-35-18(7-29,37(32,33)34)16-24-26-27-25-16/h5,8,10-12,15,29-31H,1-4,6-7H2,(H,21,22,23)(H2,32,33,34)(H,24,25,26,27)/t10-,11-,12-,15-,18+/m1/s1. The van der Waals surface area contributed by atoms with Crippen molar-refractivity contribution in [2.45, 2.75) is 61.6 Å². The molecule has 7 N–H and O–H groups in total. The highest BCUT2D eigenvalue weighted by molar-refractivity contribution is 7.52. The number of aromatic amines is 1. The first-order chi connectivity index (χ1) is 17.6. The number of hydrogen-bond acceptors (Lipinski definition) is 13. The minimum Gasteiger partial charge on any atom is -0.392 e. The van der Waals surface area contributed by atoms with Gasteiger partial charge in [-0.2, -0.15) is 20.3 Å². The Hall–Kier alpha value is -2.34. The molecule has 1 saturated carbocycles. The van der Waals surface area contributed by atoms with Crippen LogP contribution in [0.1, 0.15) is 37.7 Å². The molecule has 0 amide bonds. The van der Waals surface area contributed by atoms with Crippen molar-refractivity contribution in [3.63, 3.8) is 0 Å². The van der Waals surface area contributed by atoms with E-state index < -0.39 is 56.5 Å². The summed E-state index contributed by atoms with van der Waals surface area (Å²) in [6.07, 6.45) is 0.0372. The van der Waals surface area contributed by atoms with Gasteiger partial charge in [0, 0.05) is 6.04 Å². The van der Waals surface area contributed by atoms with Crippen LogP contribution in [0, 0.1) is 0 Å². The van der Waals surface area contributed by atoms with Crippen LogP contribution in [0.5, 0.6) is 0 Å². The Morgan fingerprint density at radius 3 is 2.68 bits per heavy atom. The summed E-state index contributed by atoms with van der Waals surface area (Å²) >= 11 is 6.15. The number of aromatic nitrogens is 8. The SMILES string of the molecule is O=P(O)(O)[C@](CO)(OC[C@H]1O[C@@H](n2ncc3c(NC4CCCC4)nc(Cl)nc32)[C@H](O)[C@@H]1O)c1nn[nH]n1. The van der Waals surface area contributed by atoms with Gasteiger partial charge in [0.1, 0.15) is 24.1 Å². The summed E-state index contributed by atoms with van der Waals surface area (Å²) in [5.74, 6) is -0.116. The molecule has 0 unspecified atom stereocenters. The molecular formula is C18H25ClN9O8P. The van der Waals surface area contributed by atoms with Gasteiger partial charge >= 0.3 is 7.60 Å². The van der Waals surface area contributed by atoms with Crippen LogP contribution in [-0.4, -0.2) is 103 Å². The summed E-state index contributed by atoms with van der Waals surface area (Å²) in [4.78, 5) is 28.2. The second kappa shape index (κ2) is 10.1. The number of H-pyrrole nitrogens is 1. The number of anilines is 1. The van der Waals surface area contributed by atoms with Crippen LogP contribution in [0.15, 0.2) is 6.20 Å². The van der Waals surface area contributed by atoms with Crippen molar-refractivity contribution >= 4 is 36.0 Å². The van der Waals surface area contributed by atoms with Gasteiger partial charge in [-0.15, -0.1) is 10.2 Å². The van der Waals surface area contributed by atoms with Crippen LogP contribution in [0.25, 0.3) is 11.0 Å². The lowest BCUT2D eigenvalue weighted by molar-refractivity contribution is -0.114. The van der Waals surface area contributed by atoms with E-state index in [4.69, 9.17) is 21.1 Å². The number of nitrogens with zero attached hydrogens (tertiary/aromatic N) is 7. The quantitative estimate of drug-likeness (QED) is 0.122. The van der Waals surface area contributed by atoms with Gasteiger partial charge in [0.15, 0.2) is 11.9 Å². The highest BCUT2D eigenvalue weighted by Crippen LogP contribution is 2.56. The molecule has 1 aliphatic heterocycles. The van der Waals surface area contributed by atoms with Crippen molar-refractivity contribution in [1.29, 1.82) is 0 Å². The van der Waals surface area contributed by atoms with Gasteiger partial charge in [-0.25, -0.2) is 4.68 Å². The number of nitrogens with one attached hydrogen (secondary N) is 2. The minimum atomic E-state index is -5.22. The molecule has 17 nitrogen and oxygen atoms in total. The summed E-state index contributed by atoms with van der Waals surface area (Å²) in [6.45, 7) is -1.88. The van der Waals surface area contributed by atoms with E-state index in [0.29, 0.717) is 11.2 Å². The molecule has 0 spiro atoms. The number of aliphatic hydroxyl groups excluding tert-OH is 3. The maximum absolute atomic E-state index is 12.2. The smallest absolute Gasteiger partial charge is 0.367 e. The first kappa shape index (κ1) is 26.3. The molecule has 202 valence electrons. The average molecular weight is 562 g/mol. The molecule has 3 aromatic rings. The van der Waals surface area contributed by atoms with Gasteiger partial charge in [0.2, 0.25) is 11.1 Å². The molecule has 0 bridgehead atoms. The molecule has 5 rings (SSSR count). The molecule has 1 saturated heterocycles. The van der Waals surface area contributed by atoms with E-state index >= 15 is 0 Å². The molecule has 2 fully saturated rings. The first-order valence-corrected chi connectivity index (χ1v) is 13.4. The van der Waals surface area contributed by atoms with Crippen molar-refractivity contribution in [2.24, 2.45) is 0 Å². The first-order valence-electron chi connectivity index (χ1n) is 11.4. The van der Waals surface area contributed by atoms with E-state index in [0.717, 1.165) is 25.7 Å². The highest BCUT2D eigenvalue weighted by Gasteiger charge is 2.55. The zero-order chi connectivity index (χ0) is 26.4. The number of halogens is 1. The molecule has 19 heteroatoms. The topological polar surface area (TPSA) is 247 Å². The van der Waals surface area contributed by atoms with Crippen LogP contribution in [-0.2, 0) is 19.4 Å². The lowest BCUT2D eigenvalue weighted by atomic mass is 10.1. The Balaban J connectivity index is 1.39. The van der Waals surface area contributed by atoms with Crippen molar-refractivity contribution in [3.05, 3.63) is 17.3 Å². The van der Waals surface area contributed by atoms with Crippen LogP contribution in [0.4, 0.5) is 5.82 Å². The molecular weight excluding hydrogens is 537 g/mol. The molecule has 4 heterocycles. The number of tetrazole rings is 1. The van der Waals surface area contributed by atoms with E-state index in [-0.39, 0.29) is 17.0 Å². The lowest BCUT2D eigenvalue weighted by Crippen LogP contribution is -2.40. The van der Waals surface area contributed by atoms with Crippen molar-refractivity contribution in [2.75, 3.05) is 18.5 Å². The Kier molecular flexibility index (Phi) is 7.16. The number of hydrogen-bond donors (Lipinski definition) is 7. The minimum absolute atomic E-state index is 0.0582. The molecule has 0 aromatic carbocycles. The molecule has 0 radical (unpaired) electrons. The Bertz CT molecular complexity index is 1290. The third kappa shape index (κ3) is 4.71. The van der Waals surface area contributed by atoms with E-state index in [1.165, 1.54) is 10.9 Å². The fraction of sp³-hybridized carbons (Fsp3) is 0.667. The fourth-order valence-corrected chi connectivity index (χ4v) is 5.51. The molecule has 37 heavy (non-hydrogen) atoms. The number of fused-ring (bicyclic) bond motifs is 1. The van der Waals surface area contributed by atoms with Crippen LogP contribution < -0.4 is 5.32 Å². The third-order valence-electron chi connectivity index (χ3n) is 6.57. The predicted octanol–water partition coefficient (Wildman–Crippen LogP) is -0.994. The second-order valence-electron chi connectivity index (χ2n) is 8.87. The maximum Gasteiger partial charge on any atom is 0.367 e. The number of ether oxygens (including phenoxy) is 2. The number of rotatable bonds is 9. The Morgan fingerprint density at radius 1 is 1.27 bits per heavy atom. The summed E-state index contributed by atoms with van der Waals surface area (Å²) in [6, 6.07) is 0.231. The zero-order valence-electron chi connectivity index (χ0n) is 19.1. The van der Waals surface area contributed by atoms with Gasteiger partial charge in [-0.1, -0.05) is 18.1 Å². The van der Waals surface area contributed by atoms with Crippen LogP contribution in [0.2, 0.25) is 5.28 Å². The average Bonchev–Trinajstić information content (AvgIpc) is 3.64. The molecule has 3 aromatic heterocycles. The Labute approximate surface area is 213 Å². The maximum atomic E-state index is 12.2. The predicted molar refractivity (Wildman–Crippen MR) is 123 cm³/mol. The Morgan fingerprint density at radius 2 is 2.03 bits per heavy atom. The van der Waals surface area contributed by atoms with Gasteiger partial charge in [0.05, 0.1) is 24.8 Å². The summed E-state index contributed by atoms with van der Waals surface area (Å²) in [5.41, 5.74) is 0.241. The van der Waals surface area contributed by atoms with Gasteiger partial charge < -0.3 is 39.9 Å². The van der Waals surface area contributed by atoms with Gasteiger partial charge in [-0.05, 0) is 24.4 Å². The van der Waals surface area contributed by atoms with Crippen molar-refractivity contribution in [3.8, 4) is 0 Å². The highest BCUT2D eigenvalue weighted by atomic mass is 35.5. The zero-order valence-corrected chi connectivity index (χ0v) is 20.8. The fourth-order valence-electron chi connectivity index (χ4n) is 4.56. The monoisotopic (exact) mass is 561 g/mol. The summed E-state index contributed by atoms with van der Waals surface area (Å²) in [5, 5.41) is 48.9. The van der Waals surface area contributed by atoms with Crippen molar-refractivity contribution < 1.29 is 39.1 Å². The molecule has 2 aliphatic rings. The number of aliphatic hydroxyl groups is 3. The summed E-state index contributed by atoms with van der Waals surface area (Å²) < 4.78 is 24.6. The lowest BCUT2D eigenvalue weighted by Gasteiger charge is -2.30. The van der Waals surface area contributed by atoms with Gasteiger partial charge in [-0.3, -0.25) is 4.57 Å².